The zero-order valence-corrected chi connectivity index (χ0v) is 17.0. The van der Waals surface area contributed by atoms with Gasteiger partial charge in [-0.3, -0.25) is 4.79 Å². The molecule has 0 radical (unpaired) electrons. The number of rotatable bonds is 4. The smallest absolute Gasteiger partial charge is 0.359 e. The molecule has 1 amide bonds. The maximum Gasteiger partial charge on any atom is 0.359 e. The van der Waals surface area contributed by atoms with Crippen LogP contribution in [-0.2, 0) is 29.4 Å². The summed E-state index contributed by atoms with van der Waals surface area (Å²) in [6.45, 7) is 2.59. The van der Waals surface area contributed by atoms with Gasteiger partial charge in [0.2, 0.25) is 0 Å². The molecule has 11 heteroatoms. The fraction of sp³-hybridized carbons (Fsp3) is 0.190. The largest absolute Gasteiger partial charge is 0.420 e. The Morgan fingerprint density at radius 2 is 1.41 bits per heavy atom. The number of nitrogens with one attached hydrogen (secondary N) is 2. The van der Waals surface area contributed by atoms with Crippen molar-refractivity contribution in [3.05, 3.63) is 81.6 Å². The first-order valence-corrected chi connectivity index (χ1v) is 9.50. The van der Waals surface area contributed by atoms with Gasteiger partial charge in [0.15, 0.2) is 0 Å². The molecule has 0 saturated carbocycles. The van der Waals surface area contributed by atoms with Crippen molar-refractivity contribution in [1.82, 2.24) is 14.3 Å². The van der Waals surface area contributed by atoms with Crippen molar-refractivity contribution >= 4 is 23.5 Å². The number of esters is 2. The summed E-state index contributed by atoms with van der Waals surface area (Å²) in [5, 5.41) is 4.53. The summed E-state index contributed by atoms with van der Waals surface area (Å²) in [6, 6.07) is 15.7. The van der Waals surface area contributed by atoms with Gasteiger partial charge in [-0.25, -0.2) is 28.8 Å². The molecule has 1 saturated heterocycles. The number of ether oxygens (including phenoxy) is 2. The molecular weight excluding hydrogens is 420 g/mol. The number of H-pyrrole nitrogens is 1. The van der Waals surface area contributed by atoms with E-state index in [1.165, 1.54) is 38.1 Å². The van der Waals surface area contributed by atoms with E-state index in [0.717, 1.165) is 0 Å². The highest BCUT2D eigenvalue weighted by Gasteiger charge is 2.65. The van der Waals surface area contributed by atoms with Crippen molar-refractivity contribution in [1.29, 1.82) is 0 Å². The number of hydrogen-bond acceptors (Lipinski definition) is 7. The topological polar surface area (TPSA) is 141 Å². The van der Waals surface area contributed by atoms with Crippen molar-refractivity contribution in [2.45, 2.75) is 25.2 Å². The second-order valence-corrected chi connectivity index (χ2v) is 7.42. The van der Waals surface area contributed by atoms with Crippen LogP contribution in [0.1, 0.15) is 13.8 Å². The van der Waals surface area contributed by atoms with Crippen LogP contribution in [-0.4, -0.2) is 38.0 Å². The van der Waals surface area contributed by atoms with Gasteiger partial charge in [-0.1, -0.05) is 36.4 Å². The Morgan fingerprint density at radius 1 is 0.875 bits per heavy atom. The highest BCUT2D eigenvalue weighted by atomic mass is 16.7. The first kappa shape index (κ1) is 20.8. The van der Waals surface area contributed by atoms with Crippen molar-refractivity contribution in [2.75, 3.05) is 5.32 Å². The first-order chi connectivity index (χ1) is 15.2. The molecule has 1 aliphatic heterocycles. The third-order valence-corrected chi connectivity index (χ3v) is 4.77. The van der Waals surface area contributed by atoms with E-state index >= 15 is 0 Å². The monoisotopic (exact) mass is 438 g/mol. The highest BCUT2D eigenvalue weighted by Crippen LogP contribution is 2.31. The van der Waals surface area contributed by atoms with Crippen LogP contribution in [0.3, 0.4) is 0 Å². The molecule has 1 fully saturated rings. The van der Waals surface area contributed by atoms with Crippen LogP contribution in [0, 0.1) is 0 Å². The van der Waals surface area contributed by atoms with Gasteiger partial charge in [-0.2, -0.15) is 4.68 Å². The number of benzene rings is 2. The summed E-state index contributed by atoms with van der Waals surface area (Å²) >= 11 is 0. The molecule has 164 valence electrons. The number of aromatic nitrogens is 3. The molecule has 2 aromatic carbocycles. The molecule has 0 bridgehead atoms. The first-order valence-electron chi connectivity index (χ1n) is 9.50. The molecule has 1 aromatic heterocycles. The van der Waals surface area contributed by atoms with Crippen molar-refractivity contribution in [3.63, 3.8) is 0 Å². The summed E-state index contributed by atoms with van der Waals surface area (Å²) < 4.78 is 11.3. The number of anilines is 1. The average Bonchev–Trinajstić information content (AvgIpc) is 3.02. The van der Waals surface area contributed by atoms with Gasteiger partial charge >= 0.3 is 28.9 Å². The van der Waals surface area contributed by atoms with Gasteiger partial charge in [0.25, 0.3) is 11.7 Å². The van der Waals surface area contributed by atoms with Gasteiger partial charge in [-0.05, 0) is 24.3 Å². The quantitative estimate of drug-likeness (QED) is 0.446. The number of hydrogen-bond donors (Lipinski definition) is 2. The minimum atomic E-state index is -2.96. The number of cyclic esters (lactones) is 2. The highest BCUT2D eigenvalue weighted by molar-refractivity contribution is 6.26. The number of nitrogens with zero attached hydrogens (tertiary/aromatic N) is 2. The Labute approximate surface area is 180 Å². The summed E-state index contributed by atoms with van der Waals surface area (Å²) in [7, 11) is 0. The Balaban J connectivity index is 1.93. The predicted molar refractivity (Wildman–Crippen MR) is 110 cm³/mol. The van der Waals surface area contributed by atoms with Gasteiger partial charge in [0.05, 0.1) is 5.69 Å². The van der Waals surface area contributed by atoms with Crippen molar-refractivity contribution < 1.29 is 23.9 Å². The van der Waals surface area contributed by atoms with Crippen molar-refractivity contribution in [3.8, 4) is 5.69 Å². The second kappa shape index (κ2) is 7.38. The fourth-order valence-electron chi connectivity index (χ4n) is 3.32. The zero-order valence-electron chi connectivity index (χ0n) is 17.0. The van der Waals surface area contributed by atoms with Crippen LogP contribution in [0.2, 0.25) is 0 Å². The van der Waals surface area contributed by atoms with E-state index in [9.17, 15) is 24.0 Å². The summed E-state index contributed by atoms with van der Waals surface area (Å²) in [5.41, 5.74) is -4.67. The molecule has 3 aromatic rings. The summed E-state index contributed by atoms with van der Waals surface area (Å²) in [4.78, 5) is 65.4. The minimum absolute atomic E-state index is 0.161. The van der Waals surface area contributed by atoms with E-state index in [2.05, 4.69) is 10.4 Å². The molecule has 11 nitrogen and oxygen atoms in total. The lowest BCUT2D eigenvalue weighted by Gasteiger charge is -2.38. The van der Waals surface area contributed by atoms with E-state index in [1.54, 1.807) is 36.4 Å². The van der Waals surface area contributed by atoms with E-state index in [-0.39, 0.29) is 11.4 Å². The van der Waals surface area contributed by atoms with Crippen molar-refractivity contribution in [2.24, 2.45) is 0 Å². The molecular formula is C21H18N4O7. The van der Waals surface area contributed by atoms with Crippen LogP contribution in [0.4, 0.5) is 5.69 Å². The third kappa shape index (κ3) is 3.20. The lowest BCUT2D eigenvalue weighted by atomic mass is 9.96. The van der Waals surface area contributed by atoms with Gasteiger partial charge in [0, 0.05) is 19.5 Å². The lowest BCUT2D eigenvalue weighted by molar-refractivity contribution is -0.247. The maximum atomic E-state index is 13.3. The molecule has 2 N–H and O–H groups in total. The Hall–Kier alpha value is -4.41. The van der Waals surface area contributed by atoms with Crippen LogP contribution < -0.4 is 16.7 Å². The average molecular weight is 438 g/mol. The van der Waals surface area contributed by atoms with Crippen LogP contribution in [0.5, 0.6) is 0 Å². The normalized spacial score (nSPS) is 16.7. The number of carbonyl (C=O) groups excluding carboxylic acids is 3. The van der Waals surface area contributed by atoms with Crippen LogP contribution >= 0.6 is 0 Å². The molecule has 32 heavy (non-hydrogen) atoms. The number of carbonyl (C=O) groups is 3. The van der Waals surface area contributed by atoms with Crippen LogP contribution in [0.15, 0.2) is 70.3 Å². The molecule has 0 unspecified atom stereocenters. The molecule has 1 aliphatic rings. The molecule has 0 aliphatic carbocycles. The number of aromatic amines is 1. The zero-order chi connectivity index (χ0) is 23.1. The maximum absolute atomic E-state index is 13.3. The van der Waals surface area contributed by atoms with E-state index in [0.29, 0.717) is 9.25 Å². The number of para-hydroxylation sites is 2. The minimum Gasteiger partial charge on any atom is -0.420 e. The van der Waals surface area contributed by atoms with E-state index < -0.39 is 40.6 Å². The number of amides is 1. The van der Waals surface area contributed by atoms with Gasteiger partial charge in [0.1, 0.15) is 0 Å². The second-order valence-electron chi connectivity index (χ2n) is 7.42. The Kier molecular flexibility index (Phi) is 4.80. The Morgan fingerprint density at radius 3 is 1.97 bits per heavy atom. The van der Waals surface area contributed by atoms with Gasteiger partial charge in [-0.15, -0.1) is 0 Å². The predicted octanol–water partition coefficient (Wildman–Crippen LogP) is 0.497. The fourth-order valence-corrected chi connectivity index (χ4v) is 3.32. The SMILES string of the molecule is CC1(C)OC(=O)C(C(=O)Nc2ccccc2)(n2[nH]c(=O)n(-c3ccccc3)c2=O)C(=O)O1. The lowest BCUT2D eigenvalue weighted by Crippen LogP contribution is -2.67. The molecule has 2 heterocycles. The molecule has 0 atom stereocenters. The molecule has 4 rings (SSSR count). The van der Waals surface area contributed by atoms with Crippen LogP contribution in [0.25, 0.3) is 5.69 Å². The molecule has 0 spiro atoms. The van der Waals surface area contributed by atoms with E-state index in [4.69, 9.17) is 9.47 Å². The van der Waals surface area contributed by atoms with Gasteiger partial charge < -0.3 is 14.8 Å². The third-order valence-electron chi connectivity index (χ3n) is 4.77. The standard InChI is InChI=1S/C21H18N4O7/c1-20(2)31-16(27)21(17(28)32-20,15(26)22-13-9-5-3-6-10-13)25-19(30)24(18(29)23-25)14-11-7-4-8-12-14/h3-12H,1-2H3,(H,22,26)(H,23,29). The van der Waals surface area contributed by atoms with E-state index in [1.807, 2.05) is 0 Å². The summed E-state index contributed by atoms with van der Waals surface area (Å²) in [6.07, 6.45) is 0. The summed E-state index contributed by atoms with van der Waals surface area (Å²) in [5.74, 6) is -5.68. The Bertz CT molecular complexity index is 1300.